The Hall–Kier alpha value is -2.93. The highest BCUT2D eigenvalue weighted by Crippen LogP contribution is 2.43. The minimum absolute atomic E-state index is 0.0441. The fourth-order valence-electron chi connectivity index (χ4n) is 4.78. The molecule has 6 nitrogen and oxygen atoms in total. The van der Waals surface area contributed by atoms with Gasteiger partial charge in [0.1, 0.15) is 12.4 Å². The summed E-state index contributed by atoms with van der Waals surface area (Å²) in [4.78, 5) is 16.7. The van der Waals surface area contributed by atoms with Gasteiger partial charge in [0.2, 0.25) is 0 Å². The zero-order chi connectivity index (χ0) is 23.5. The second-order valence-electron chi connectivity index (χ2n) is 8.92. The van der Waals surface area contributed by atoms with Gasteiger partial charge >= 0.3 is 5.97 Å². The monoisotopic (exact) mass is 467 g/mol. The lowest BCUT2D eigenvalue weighted by Gasteiger charge is -2.27. The summed E-state index contributed by atoms with van der Waals surface area (Å²) in [7, 11) is -2.20. The van der Waals surface area contributed by atoms with Crippen LogP contribution in [0.3, 0.4) is 0 Å². The molecular formula is C26H29NO5S. The molecule has 1 aromatic heterocycles. The van der Waals surface area contributed by atoms with Crippen LogP contribution in [0.4, 0.5) is 0 Å². The molecule has 0 radical (unpaired) electrons. The van der Waals surface area contributed by atoms with Gasteiger partial charge in [0, 0.05) is 16.6 Å². The summed E-state index contributed by atoms with van der Waals surface area (Å²) in [6.45, 7) is 2.31. The Morgan fingerprint density at radius 2 is 1.76 bits per heavy atom. The highest BCUT2D eigenvalue weighted by atomic mass is 32.2. The molecule has 0 bridgehead atoms. The molecule has 0 atom stereocenters. The number of fused-ring (bicyclic) bond motifs is 1. The molecule has 1 aliphatic carbocycles. The predicted molar refractivity (Wildman–Crippen MR) is 127 cm³/mol. The third-order valence-corrected chi connectivity index (χ3v) is 8.40. The molecular weight excluding hydrogens is 438 g/mol. The number of rotatable bonds is 8. The summed E-state index contributed by atoms with van der Waals surface area (Å²) in [6.07, 6.45) is 3.46. The number of aromatic nitrogens is 1. The smallest absolute Gasteiger partial charge is 0.306 e. The van der Waals surface area contributed by atoms with E-state index in [1.165, 1.54) is 7.11 Å². The van der Waals surface area contributed by atoms with E-state index in [2.05, 4.69) is 4.98 Å². The first kappa shape index (κ1) is 23.2. The third kappa shape index (κ3) is 5.36. The van der Waals surface area contributed by atoms with Crippen LogP contribution in [-0.2, 0) is 26.0 Å². The maximum Gasteiger partial charge on any atom is 0.306 e. The van der Waals surface area contributed by atoms with Crippen LogP contribution in [-0.4, -0.2) is 32.2 Å². The summed E-state index contributed by atoms with van der Waals surface area (Å²) < 4.78 is 37.1. The van der Waals surface area contributed by atoms with Gasteiger partial charge in [-0.15, -0.1) is 0 Å². The Labute approximate surface area is 194 Å². The number of aryl methyl sites for hydroxylation is 1. The van der Waals surface area contributed by atoms with Gasteiger partial charge in [-0.25, -0.2) is 8.42 Å². The van der Waals surface area contributed by atoms with Crippen LogP contribution in [0, 0.1) is 12.3 Å². The van der Waals surface area contributed by atoms with Crippen LogP contribution in [0.25, 0.3) is 10.9 Å². The predicted octanol–water partition coefficient (Wildman–Crippen LogP) is 5.02. The van der Waals surface area contributed by atoms with Crippen molar-refractivity contribution in [3.05, 3.63) is 65.9 Å². The second kappa shape index (κ2) is 9.51. The largest absolute Gasteiger partial charge is 0.489 e. The lowest BCUT2D eigenvalue weighted by Crippen LogP contribution is -2.30. The molecule has 0 spiro atoms. The highest BCUT2D eigenvalue weighted by Gasteiger charge is 2.40. The maximum atomic E-state index is 13.1. The summed E-state index contributed by atoms with van der Waals surface area (Å²) in [5.74, 6) is 0.199. The van der Waals surface area contributed by atoms with E-state index < -0.39 is 15.3 Å². The average Bonchev–Trinajstić information content (AvgIpc) is 3.24. The Morgan fingerprint density at radius 1 is 1.06 bits per heavy atom. The van der Waals surface area contributed by atoms with E-state index in [1.54, 1.807) is 24.3 Å². The Bertz CT molecular complexity index is 1250. The highest BCUT2D eigenvalue weighted by molar-refractivity contribution is 7.91. The summed E-state index contributed by atoms with van der Waals surface area (Å²) in [5, 5.41) is 1.04. The number of sulfone groups is 1. The van der Waals surface area contributed by atoms with E-state index in [0.717, 1.165) is 47.8 Å². The molecule has 2 aromatic carbocycles. The maximum absolute atomic E-state index is 13.1. The fourth-order valence-corrected chi connectivity index (χ4v) is 6.69. The molecule has 1 aliphatic rings. The summed E-state index contributed by atoms with van der Waals surface area (Å²) >= 11 is 0. The van der Waals surface area contributed by atoms with Crippen molar-refractivity contribution in [2.75, 3.05) is 12.9 Å². The van der Waals surface area contributed by atoms with E-state index >= 15 is 0 Å². The number of carbonyl (C=O) groups is 1. The third-order valence-electron chi connectivity index (χ3n) is 6.41. The zero-order valence-corrected chi connectivity index (χ0v) is 19.9. The van der Waals surface area contributed by atoms with Crippen LogP contribution in [0.1, 0.15) is 43.4 Å². The number of ether oxygens (including phenoxy) is 2. The fraction of sp³-hybridized carbons (Fsp3) is 0.385. The SMILES string of the molecule is COC(=O)CC1(CS(=O)(=O)c2ccc(OCc3cc(C)nc4ccccc34)cc2)CCCC1. The molecule has 0 N–H and O–H groups in total. The Kier molecular flexibility index (Phi) is 6.70. The molecule has 0 unspecified atom stereocenters. The van der Waals surface area contributed by atoms with Crippen molar-refractivity contribution in [3.63, 3.8) is 0 Å². The van der Waals surface area contributed by atoms with Crippen molar-refractivity contribution >= 4 is 26.7 Å². The van der Waals surface area contributed by atoms with Gasteiger partial charge in [0.15, 0.2) is 9.84 Å². The molecule has 0 saturated heterocycles. The van der Waals surface area contributed by atoms with Crippen molar-refractivity contribution in [1.29, 1.82) is 0 Å². The number of carbonyl (C=O) groups excluding carboxylic acids is 1. The quantitative estimate of drug-likeness (QED) is 0.433. The molecule has 174 valence electrons. The number of nitrogens with zero attached hydrogens (tertiary/aromatic N) is 1. The lowest BCUT2D eigenvalue weighted by molar-refractivity contribution is -0.143. The van der Waals surface area contributed by atoms with Gasteiger partial charge in [0.05, 0.1) is 29.7 Å². The number of methoxy groups -OCH3 is 1. The van der Waals surface area contributed by atoms with Crippen molar-refractivity contribution in [2.24, 2.45) is 5.41 Å². The van der Waals surface area contributed by atoms with Crippen molar-refractivity contribution in [2.45, 2.75) is 50.5 Å². The van der Waals surface area contributed by atoms with E-state index in [-0.39, 0.29) is 23.0 Å². The van der Waals surface area contributed by atoms with Crippen LogP contribution >= 0.6 is 0 Å². The number of pyridine rings is 1. The molecule has 1 saturated carbocycles. The first-order valence-corrected chi connectivity index (χ1v) is 12.8. The Balaban J connectivity index is 1.47. The van der Waals surface area contributed by atoms with Gasteiger partial charge in [-0.05, 0) is 61.6 Å². The molecule has 33 heavy (non-hydrogen) atoms. The van der Waals surface area contributed by atoms with Crippen molar-refractivity contribution in [1.82, 2.24) is 4.98 Å². The van der Waals surface area contributed by atoms with Gasteiger partial charge in [-0.1, -0.05) is 31.0 Å². The normalized spacial score (nSPS) is 15.5. The molecule has 0 amide bonds. The molecule has 4 rings (SSSR count). The first-order chi connectivity index (χ1) is 15.8. The van der Waals surface area contributed by atoms with Gasteiger partial charge in [-0.3, -0.25) is 9.78 Å². The van der Waals surface area contributed by atoms with Crippen LogP contribution in [0.5, 0.6) is 5.75 Å². The van der Waals surface area contributed by atoms with Crippen LogP contribution in [0.2, 0.25) is 0 Å². The topological polar surface area (TPSA) is 82.6 Å². The molecule has 7 heteroatoms. The van der Waals surface area contributed by atoms with Crippen LogP contribution in [0.15, 0.2) is 59.5 Å². The summed E-state index contributed by atoms with van der Waals surface area (Å²) in [6, 6.07) is 16.5. The number of hydrogen-bond acceptors (Lipinski definition) is 6. The zero-order valence-electron chi connectivity index (χ0n) is 19.0. The van der Waals surface area contributed by atoms with Crippen LogP contribution < -0.4 is 4.74 Å². The minimum atomic E-state index is -3.55. The molecule has 0 aliphatic heterocycles. The van der Waals surface area contributed by atoms with E-state index in [1.807, 2.05) is 37.3 Å². The van der Waals surface area contributed by atoms with Gasteiger partial charge in [0.25, 0.3) is 0 Å². The number of esters is 1. The van der Waals surface area contributed by atoms with E-state index in [4.69, 9.17) is 9.47 Å². The van der Waals surface area contributed by atoms with Gasteiger partial charge in [-0.2, -0.15) is 0 Å². The summed E-state index contributed by atoms with van der Waals surface area (Å²) in [5.41, 5.74) is 2.33. The molecule has 1 fully saturated rings. The first-order valence-electron chi connectivity index (χ1n) is 11.2. The minimum Gasteiger partial charge on any atom is -0.489 e. The number of para-hydroxylation sites is 1. The van der Waals surface area contributed by atoms with E-state index in [9.17, 15) is 13.2 Å². The van der Waals surface area contributed by atoms with E-state index in [0.29, 0.717) is 12.4 Å². The number of hydrogen-bond donors (Lipinski definition) is 0. The molecule has 3 aromatic rings. The average molecular weight is 468 g/mol. The van der Waals surface area contributed by atoms with Crippen molar-refractivity contribution in [3.8, 4) is 5.75 Å². The number of benzene rings is 2. The second-order valence-corrected chi connectivity index (χ2v) is 10.9. The standard InChI is InChI=1S/C26H29NO5S/c1-19-15-20(23-7-3-4-8-24(23)27-19)17-32-21-9-11-22(12-10-21)33(29,30)18-26(13-5-6-14-26)16-25(28)31-2/h3-4,7-12,15H,5-6,13-14,16-18H2,1-2H3. The molecule has 1 heterocycles. The lowest BCUT2D eigenvalue weighted by atomic mass is 9.85. The van der Waals surface area contributed by atoms with Gasteiger partial charge < -0.3 is 9.47 Å². The van der Waals surface area contributed by atoms with Crippen molar-refractivity contribution < 1.29 is 22.7 Å². The Morgan fingerprint density at radius 3 is 2.45 bits per heavy atom.